The van der Waals surface area contributed by atoms with Crippen LogP contribution in [0.15, 0.2) is 48.5 Å². The van der Waals surface area contributed by atoms with Gasteiger partial charge in [0.05, 0.1) is 7.11 Å². The van der Waals surface area contributed by atoms with Crippen molar-refractivity contribution in [2.24, 2.45) is 5.92 Å². The minimum Gasteiger partial charge on any atom is -0.497 e. The number of esters is 1. The smallest absolute Gasteiger partial charge is 0.344 e. The van der Waals surface area contributed by atoms with E-state index in [1.807, 2.05) is 0 Å². The van der Waals surface area contributed by atoms with E-state index in [1.165, 1.54) is 6.92 Å². The van der Waals surface area contributed by atoms with Crippen LogP contribution in [0, 0.1) is 5.92 Å². The van der Waals surface area contributed by atoms with Gasteiger partial charge in [-0.1, -0.05) is 13.8 Å². The Hall–Kier alpha value is -3.35. The van der Waals surface area contributed by atoms with E-state index in [9.17, 15) is 14.4 Å². The van der Waals surface area contributed by atoms with Crippen molar-refractivity contribution >= 4 is 23.3 Å². The van der Waals surface area contributed by atoms with Crippen LogP contribution in [0.25, 0.3) is 0 Å². The second-order valence-corrected chi connectivity index (χ2v) is 6.68. The highest BCUT2D eigenvalue weighted by atomic mass is 16.6. The van der Waals surface area contributed by atoms with E-state index in [2.05, 4.69) is 5.32 Å². The summed E-state index contributed by atoms with van der Waals surface area (Å²) in [6, 6.07) is 13.2. The summed E-state index contributed by atoms with van der Waals surface area (Å²) in [7, 11) is 1.56. The van der Waals surface area contributed by atoms with Crippen molar-refractivity contribution in [3.05, 3.63) is 54.1 Å². The molecule has 0 saturated heterocycles. The van der Waals surface area contributed by atoms with Gasteiger partial charge in [0.1, 0.15) is 11.5 Å². The van der Waals surface area contributed by atoms with Crippen LogP contribution in [0.5, 0.6) is 11.5 Å². The van der Waals surface area contributed by atoms with Gasteiger partial charge in [0.2, 0.25) is 11.7 Å². The number of carbonyl (C=O) groups excluding carboxylic acids is 3. The Morgan fingerprint density at radius 1 is 0.897 bits per heavy atom. The van der Waals surface area contributed by atoms with Crippen molar-refractivity contribution in [1.82, 2.24) is 0 Å². The summed E-state index contributed by atoms with van der Waals surface area (Å²) < 4.78 is 15.5. The Kier molecular flexibility index (Phi) is 7.77. The monoisotopic (exact) mass is 399 g/mol. The number of methoxy groups -OCH3 is 1. The lowest BCUT2D eigenvalue weighted by molar-refractivity contribution is -0.148. The van der Waals surface area contributed by atoms with E-state index in [1.54, 1.807) is 69.5 Å². The van der Waals surface area contributed by atoms with Crippen LogP contribution in [0.4, 0.5) is 5.69 Å². The third-order valence-corrected chi connectivity index (χ3v) is 4.05. The number of ketones is 1. The third-order valence-electron chi connectivity index (χ3n) is 4.05. The second kappa shape index (κ2) is 10.3. The molecule has 1 unspecified atom stereocenters. The average molecular weight is 399 g/mol. The minimum atomic E-state index is -0.960. The Labute approximate surface area is 170 Å². The molecule has 1 N–H and O–H groups in total. The molecule has 0 aromatic heterocycles. The summed E-state index contributed by atoms with van der Waals surface area (Å²) in [5, 5.41) is 2.75. The normalized spacial score (nSPS) is 11.5. The third kappa shape index (κ3) is 6.64. The zero-order chi connectivity index (χ0) is 21.4. The number of carbonyl (C=O) groups is 3. The number of hydrogen-bond acceptors (Lipinski definition) is 6. The van der Waals surface area contributed by atoms with Crippen molar-refractivity contribution in [2.75, 3.05) is 19.0 Å². The molecule has 0 aliphatic carbocycles. The van der Waals surface area contributed by atoms with Crippen molar-refractivity contribution < 1.29 is 28.6 Å². The Morgan fingerprint density at radius 3 is 2.03 bits per heavy atom. The SMILES string of the molecule is COc1ccc(OCC(=O)OC(C)C(=O)c2ccc(NC(=O)C(C)C)cc2)cc1. The molecule has 0 aliphatic heterocycles. The molecule has 0 spiro atoms. The van der Waals surface area contributed by atoms with Gasteiger partial charge in [0.15, 0.2) is 12.7 Å². The van der Waals surface area contributed by atoms with Crippen LogP contribution < -0.4 is 14.8 Å². The molecule has 1 atom stereocenters. The number of ether oxygens (including phenoxy) is 3. The van der Waals surface area contributed by atoms with E-state index < -0.39 is 12.1 Å². The second-order valence-electron chi connectivity index (χ2n) is 6.68. The van der Waals surface area contributed by atoms with E-state index in [0.29, 0.717) is 22.7 Å². The average Bonchev–Trinajstić information content (AvgIpc) is 2.72. The molecule has 2 aromatic rings. The van der Waals surface area contributed by atoms with Crippen LogP contribution in [-0.4, -0.2) is 37.5 Å². The molecule has 7 heteroatoms. The maximum absolute atomic E-state index is 12.4. The number of nitrogens with one attached hydrogen (secondary N) is 1. The first-order valence-electron chi connectivity index (χ1n) is 9.21. The number of rotatable bonds is 9. The predicted molar refractivity (Wildman–Crippen MR) is 108 cm³/mol. The molecule has 2 aromatic carbocycles. The summed E-state index contributed by atoms with van der Waals surface area (Å²) >= 11 is 0. The molecule has 0 radical (unpaired) electrons. The first-order valence-corrected chi connectivity index (χ1v) is 9.21. The van der Waals surface area contributed by atoms with Gasteiger partial charge in [-0.2, -0.15) is 0 Å². The minimum absolute atomic E-state index is 0.108. The largest absolute Gasteiger partial charge is 0.497 e. The maximum atomic E-state index is 12.4. The van der Waals surface area contributed by atoms with Gasteiger partial charge in [-0.15, -0.1) is 0 Å². The molecule has 0 heterocycles. The quantitative estimate of drug-likeness (QED) is 0.513. The molecule has 0 saturated carbocycles. The number of hydrogen-bond donors (Lipinski definition) is 1. The Bertz CT molecular complexity index is 843. The molecule has 154 valence electrons. The predicted octanol–water partition coefficient (Wildman–Crippen LogP) is 3.48. The van der Waals surface area contributed by atoms with Gasteiger partial charge in [-0.3, -0.25) is 9.59 Å². The molecular formula is C22H25NO6. The van der Waals surface area contributed by atoms with Crippen molar-refractivity contribution in [3.8, 4) is 11.5 Å². The van der Waals surface area contributed by atoms with Gasteiger partial charge in [-0.25, -0.2) is 4.79 Å². The van der Waals surface area contributed by atoms with Crippen LogP contribution in [0.2, 0.25) is 0 Å². The summed E-state index contributed by atoms with van der Waals surface area (Å²) in [5.74, 6) is -0.0826. The van der Waals surface area contributed by atoms with Gasteiger partial charge < -0.3 is 19.5 Å². The molecule has 1 amide bonds. The summed E-state index contributed by atoms with van der Waals surface area (Å²) in [5.41, 5.74) is 0.974. The molecule has 0 fully saturated rings. The van der Waals surface area contributed by atoms with Crippen molar-refractivity contribution in [2.45, 2.75) is 26.9 Å². The summed E-state index contributed by atoms with van der Waals surface area (Å²) in [4.78, 5) is 36.1. The highest BCUT2D eigenvalue weighted by molar-refractivity contribution is 6.01. The summed E-state index contributed by atoms with van der Waals surface area (Å²) in [6.45, 7) is 4.77. The maximum Gasteiger partial charge on any atom is 0.344 e. The number of benzene rings is 2. The first-order chi connectivity index (χ1) is 13.8. The van der Waals surface area contributed by atoms with Crippen molar-refractivity contribution in [3.63, 3.8) is 0 Å². The highest BCUT2D eigenvalue weighted by Crippen LogP contribution is 2.17. The van der Waals surface area contributed by atoms with Crippen molar-refractivity contribution in [1.29, 1.82) is 0 Å². The molecule has 2 rings (SSSR count). The fourth-order valence-corrected chi connectivity index (χ4v) is 2.34. The fraction of sp³-hybridized carbons (Fsp3) is 0.318. The van der Waals surface area contributed by atoms with Crippen LogP contribution in [-0.2, 0) is 14.3 Å². The Balaban J connectivity index is 1.85. The van der Waals surface area contributed by atoms with Gasteiger partial charge >= 0.3 is 5.97 Å². The van der Waals surface area contributed by atoms with Gasteiger partial charge in [-0.05, 0) is 55.5 Å². The topological polar surface area (TPSA) is 90.9 Å². The van der Waals surface area contributed by atoms with E-state index in [-0.39, 0.29) is 24.2 Å². The first kappa shape index (κ1) is 21.9. The van der Waals surface area contributed by atoms with E-state index in [4.69, 9.17) is 14.2 Å². The zero-order valence-corrected chi connectivity index (χ0v) is 16.9. The number of Topliss-reactive ketones (excluding diaryl/α,β-unsaturated/α-hetero) is 1. The van der Waals surface area contributed by atoms with E-state index >= 15 is 0 Å². The lowest BCUT2D eigenvalue weighted by atomic mass is 10.1. The zero-order valence-electron chi connectivity index (χ0n) is 16.9. The van der Waals surface area contributed by atoms with Gasteiger partial charge in [0.25, 0.3) is 0 Å². The van der Waals surface area contributed by atoms with Crippen LogP contribution in [0.1, 0.15) is 31.1 Å². The number of anilines is 1. The highest BCUT2D eigenvalue weighted by Gasteiger charge is 2.20. The standard InChI is InChI=1S/C22H25NO6/c1-14(2)22(26)23-17-7-5-16(6-8-17)21(25)15(3)29-20(24)13-28-19-11-9-18(27-4)10-12-19/h5-12,14-15H,13H2,1-4H3,(H,23,26). The summed E-state index contributed by atoms with van der Waals surface area (Å²) in [6.07, 6.45) is -0.960. The lowest BCUT2D eigenvalue weighted by Gasteiger charge is -2.13. The van der Waals surface area contributed by atoms with Crippen LogP contribution >= 0.6 is 0 Å². The molecule has 7 nitrogen and oxygen atoms in total. The fourth-order valence-electron chi connectivity index (χ4n) is 2.34. The lowest BCUT2D eigenvalue weighted by Crippen LogP contribution is -2.27. The number of amides is 1. The molecule has 0 bridgehead atoms. The molecular weight excluding hydrogens is 374 g/mol. The Morgan fingerprint density at radius 2 is 1.48 bits per heavy atom. The van der Waals surface area contributed by atoms with Gasteiger partial charge in [0, 0.05) is 17.2 Å². The van der Waals surface area contributed by atoms with Crippen LogP contribution in [0.3, 0.4) is 0 Å². The van der Waals surface area contributed by atoms with E-state index in [0.717, 1.165) is 0 Å². The molecule has 0 aliphatic rings. The molecule has 29 heavy (non-hydrogen) atoms.